The Labute approximate surface area is 145 Å². The monoisotopic (exact) mass is 339 g/mol. The smallest absolute Gasteiger partial charge is 0.307 e. The van der Waals surface area contributed by atoms with Gasteiger partial charge in [-0.3, -0.25) is 14.4 Å². The number of fused-ring (bicyclic) bond motifs is 1. The molecule has 25 heavy (non-hydrogen) atoms. The zero-order valence-corrected chi connectivity index (χ0v) is 13.7. The van der Waals surface area contributed by atoms with Crippen molar-refractivity contribution in [2.45, 2.75) is 12.8 Å². The van der Waals surface area contributed by atoms with E-state index in [1.807, 2.05) is 24.3 Å². The fraction of sp³-hybridized carbons (Fsp3) is 0.211. The molecule has 128 valence electrons. The normalized spacial score (nSPS) is 12.9. The number of imide groups is 1. The second-order valence-corrected chi connectivity index (χ2v) is 5.54. The molecule has 3 rings (SSSR count). The minimum Gasteiger partial charge on any atom is -0.496 e. The molecule has 6 heteroatoms. The third kappa shape index (κ3) is 3.38. The molecule has 6 nitrogen and oxygen atoms in total. The van der Waals surface area contributed by atoms with Gasteiger partial charge >= 0.3 is 5.97 Å². The molecule has 0 saturated carbocycles. The standard InChI is InChI=1S/C19H17NO5/c1-24-16-9-5-2-6-13(16)10-11-17(21)25-12-20-18(22)14-7-3-4-8-15(14)19(20)23/h2-9H,10-12H2,1H3. The molecule has 2 aromatic carbocycles. The lowest BCUT2D eigenvalue weighted by atomic mass is 10.1. The average molecular weight is 339 g/mol. The summed E-state index contributed by atoms with van der Waals surface area (Å²) in [5.41, 5.74) is 1.55. The fourth-order valence-corrected chi connectivity index (χ4v) is 2.71. The van der Waals surface area contributed by atoms with Gasteiger partial charge in [-0.25, -0.2) is 4.90 Å². The highest BCUT2D eigenvalue weighted by Gasteiger charge is 2.35. The molecule has 2 aromatic rings. The third-order valence-electron chi connectivity index (χ3n) is 4.02. The number of para-hydroxylation sites is 1. The van der Waals surface area contributed by atoms with Gasteiger partial charge in [0.2, 0.25) is 0 Å². The number of methoxy groups -OCH3 is 1. The Morgan fingerprint density at radius 3 is 2.20 bits per heavy atom. The van der Waals surface area contributed by atoms with Crippen LogP contribution < -0.4 is 4.74 Å². The Morgan fingerprint density at radius 2 is 1.56 bits per heavy atom. The molecule has 0 fully saturated rings. The van der Waals surface area contributed by atoms with E-state index in [1.165, 1.54) is 0 Å². The van der Waals surface area contributed by atoms with Crippen LogP contribution in [0.1, 0.15) is 32.7 Å². The number of nitrogens with zero attached hydrogens (tertiary/aromatic N) is 1. The molecule has 0 unspecified atom stereocenters. The fourth-order valence-electron chi connectivity index (χ4n) is 2.71. The maximum Gasteiger partial charge on any atom is 0.307 e. The van der Waals surface area contributed by atoms with Gasteiger partial charge < -0.3 is 9.47 Å². The number of hydrogen-bond donors (Lipinski definition) is 0. The van der Waals surface area contributed by atoms with Crippen molar-refractivity contribution < 1.29 is 23.9 Å². The summed E-state index contributed by atoms with van der Waals surface area (Å²) in [5, 5.41) is 0. The number of carbonyl (C=O) groups is 3. The quantitative estimate of drug-likeness (QED) is 0.597. The lowest BCUT2D eigenvalue weighted by Gasteiger charge is -2.14. The maximum absolute atomic E-state index is 12.2. The first-order valence-electron chi connectivity index (χ1n) is 7.84. The molecular formula is C19H17NO5. The minimum absolute atomic E-state index is 0.129. The highest BCUT2D eigenvalue weighted by Crippen LogP contribution is 2.22. The molecular weight excluding hydrogens is 322 g/mol. The average Bonchev–Trinajstić information content (AvgIpc) is 2.89. The number of carbonyl (C=O) groups excluding carboxylic acids is 3. The van der Waals surface area contributed by atoms with Crippen LogP contribution >= 0.6 is 0 Å². The summed E-state index contributed by atoms with van der Waals surface area (Å²) in [6.07, 6.45) is 0.578. The van der Waals surface area contributed by atoms with E-state index in [0.717, 1.165) is 10.5 Å². The topological polar surface area (TPSA) is 72.9 Å². The number of hydrogen-bond acceptors (Lipinski definition) is 5. The summed E-state index contributed by atoms with van der Waals surface area (Å²) < 4.78 is 10.3. The van der Waals surface area contributed by atoms with Crippen LogP contribution in [0, 0.1) is 0 Å². The summed E-state index contributed by atoms with van der Waals surface area (Å²) >= 11 is 0. The number of amides is 2. The van der Waals surface area contributed by atoms with Crippen LogP contribution in [0.5, 0.6) is 5.75 Å². The van der Waals surface area contributed by atoms with Crippen molar-refractivity contribution >= 4 is 17.8 Å². The molecule has 0 aromatic heterocycles. The number of aryl methyl sites for hydroxylation is 1. The summed E-state index contributed by atoms with van der Waals surface area (Å²) in [6.45, 7) is -0.378. The first-order valence-corrected chi connectivity index (χ1v) is 7.84. The Balaban J connectivity index is 1.55. The van der Waals surface area contributed by atoms with E-state index in [1.54, 1.807) is 31.4 Å². The van der Waals surface area contributed by atoms with Gasteiger partial charge in [0.05, 0.1) is 18.2 Å². The minimum atomic E-state index is -0.484. The van der Waals surface area contributed by atoms with Gasteiger partial charge in [-0.2, -0.15) is 0 Å². The third-order valence-corrected chi connectivity index (χ3v) is 4.02. The zero-order chi connectivity index (χ0) is 17.8. The summed E-state index contributed by atoms with van der Waals surface area (Å²) in [4.78, 5) is 37.2. The van der Waals surface area contributed by atoms with Crippen molar-refractivity contribution in [3.8, 4) is 5.75 Å². The van der Waals surface area contributed by atoms with Crippen molar-refractivity contribution in [1.82, 2.24) is 4.90 Å². The summed E-state index contributed by atoms with van der Waals surface area (Å²) in [5.74, 6) is -0.672. The second-order valence-electron chi connectivity index (χ2n) is 5.54. The van der Waals surface area contributed by atoms with Gasteiger partial charge in [0.15, 0.2) is 6.73 Å². The lowest BCUT2D eigenvalue weighted by molar-refractivity contribution is -0.146. The second kappa shape index (κ2) is 7.17. The van der Waals surface area contributed by atoms with E-state index in [-0.39, 0.29) is 13.2 Å². The van der Waals surface area contributed by atoms with Gasteiger partial charge in [-0.15, -0.1) is 0 Å². The molecule has 0 bridgehead atoms. The molecule has 0 atom stereocenters. The summed E-state index contributed by atoms with van der Waals surface area (Å²) in [6, 6.07) is 13.9. The van der Waals surface area contributed by atoms with E-state index < -0.39 is 17.8 Å². The number of esters is 1. The molecule has 0 aliphatic carbocycles. The van der Waals surface area contributed by atoms with Crippen molar-refractivity contribution in [3.63, 3.8) is 0 Å². The number of rotatable bonds is 6. The van der Waals surface area contributed by atoms with Crippen molar-refractivity contribution in [3.05, 3.63) is 65.2 Å². The predicted octanol–water partition coefficient (Wildman–Crippen LogP) is 2.42. The van der Waals surface area contributed by atoms with E-state index in [0.29, 0.717) is 23.3 Å². The molecule has 0 radical (unpaired) electrons. The van der Waals surface area contributed by atoms with Crippen molar-refractivity contribution in [2.75, 3.05) is 13.8 Å². The van der Waals surface area contributed by atoms with E-state index in [2.05, 4.69) is 0 Å². The largest absolute Gasteiger partial charge is 0.496 e. The number of ether oxygens (including phenoxy) is 2. The van der Waals surface area contributed by atoms with Crippen molar-refractivity contribution in [2.24, 2.45) is 0 Å². The van der Waals surface area contributed by atoms with E-state index in [4.69, 9.17) is 9.47 Å². The molecule has 1 aliphatic heterocycles. The number of benzene rings is 2. The van der Waals surface area contributed by atoms with Gasteiger partial charge in [0.1, 0.15) is 5.75 Å². The van der Waals surface area contributed by atoms with Gasteiger partial charge in [-0.05, 0) is 30.2 Å². The maximum atomic E-state index is 12.2. The zero-order valence-electron chi connectivity index (χ0n) is 13.7. The summed E-state index contributed by atoms with van der Waals surface area (Å²) in [7, 11) is 1.57. The van der Waals surface area contributed by atoms with Crippen LogP contribution in [0.4, 0.5) is 0 Å². The van der Waals surface area contributed by atoms with Gasteiger partial charge in [-0.1, -0.05) is 30.3 Å². The first kappa shape index (κ1) is 16.7. The van der Waals surface area contributed by atoms with Gasteiger partial charge in [0, 0.05) is 6.42 Å². The van der Waals surface area contributed by atoms with Crippen LogP contribution in [-0.4, -0.2) is 36.5 Å². The lowest BCUT2D eigenvalue weighted by Crippen LogP contribution is -2.33. The Morgan fingerprint density at radius 1 is 0.960 bits per heavy atom. The Bertz CT molecular complexity index is 795. The molecule has 1 aliphatic rings. The molecule has 0 N–H and O–H groups in total. The highest BCUT2D eigenvalue weighted by molar-refractivity contribution is 6.21. The van der Waals surface area contributed by atoms with Crippen LogP contribution in [0.15, 0.2) is 48.5 Å². The predicted molar refractivity (Wildman–Crippen MR) is 89.2 cm³/mol. The Hall–Kier alpha value is -3.15. The SMILES string of the molecule is COc1ccccc1CCC(=O)OCN1C(=O)c2ccccc2C1=O. The van der Waals surface area contributed by atoms with Gasteiger partial charge in [0.25, 0.3) is 11.8 Å². The Kier molecular flexibility index (Phi) is 4.79. The first-order chi connectivity index (χ1) is 12.1. The molecule has 0 spiro atoms. The van der Waals surface area contributed by atoms with Crippen LogP contribution in [-0.2, 0) is 16.0 Å². The molecule has 1 heterocycles. The highest BCUT2D eigenvalue weighted by atomic mass is 16.5. The molecule has 0 saturated heterocycles. The van der Waals surface area contributed by atoms with E-state index >= 15 is 0 Å². The molecule has 2 amide bonds. The van der Waals surface area contributed by atoms with Crippen molar-refractivity contribution in [1.29, 1.82) is 0 Å². The van der Waals surface area contributed by atoms with Crippen LogP contribution in [0.2, 0.25) is 0 Å². The van der Waals surface area contributed by atoms with Crippen LogP contribution in [0.3, 0.4) is 0 Å². The van der Waals surface area contributed by atoms with E-state index in [9.17, 15) is 14.4 Å². The van der Waals surface area contributed by atoms with Crippen LogP contribution in [0.25, 0.3) is 0 Å².